The summed E-state index contributed by atoms with van der Waals surface area (Å²) in [7, 11) is 1.63. The van der Waals surface area contributed by atoms with E-state index in [0.717, 1.165) is 32.5 Å². The number of aryl methyl sites for hydroxylation is 1. The van der Waals surface area contributed by atoms with Gasteiger partial charge < -0.3 is 14.8 Å². The lowest BCUT2D eigenvalue weighted by molar-refractivity contribution is 0.0974. The van der Waals surface area contributed by atoms with Crippen LogP contribution in [0.2, 0.25) is 0 Å². The average Bonchev–Trinajstić information content (AvgIpc) is 2.87. The second kappa shape index (κ2) is 9.84. The van der Waals surface area contributed by atoms with Crippen molar-refractivity contribution >= 4 is 33.2 Å². The largest absolute Gasteiger partial charge is 0.497 e. The second-order valence-corrected chi connectivity index (χ2v) is 9.34. The SMILES string of the molecule is COc1ccc(OCc2cccc(Br)c2)c(C2Nc3ccccc3C(=O)N2c2cccc(C)c2)c1. The summed E-state index contributed by atoms with van der Waals surface area (Å²) in [6.07, 6.45) is -0.494. The number of carbonyl (C=O) groups is 1. The normalized spacial score (nSPS) is 14.8. The van der Waals surface area contributed by atoms with E-state index in [2.05, 4.69) is 21.2 Å². The Labute approximate surface area is 213 Å². The summed E-state index contributed by atoms with van der Waals surface area (Å²) in [6, 6.07) is 29.2. The topological polar surface area (TPSA) is 50.8 Å². The highest BCUT2D eigenvalue weighted by atomic mass is 79.9. The zero-order chi connectivity index (χ0) is 24.4. The Kier molecular flexibility index (Phi) is 6.47. The van der Waals surface area contributed by atoms with Crippen LogP contribution in [0, 0.1) is 6.92 Å². The zero-order valence-electron chi connectivity index (χ0n) is 19.5. The molecule has 1 amide bonds. The number of benzene rings is 4. The monoisotopic (exact) mass is 528 g/mol. The smallest absolute Gasteiger partial charge is 0.262 e. The van der Waals surface area contributed by atoms with E-state index in [1.807, 2.05) is 97.9 Å². The molecule has 1 aliphatic rings. The summed E-state index contributed by atoms with van der Waals surface area (Å²) in [5.41, 5.74) is 5.14. The fourth-order valence-electron chi connectivity index (χ4n) is 4.30. The van der Waals surface area contributed by atoms with E-state index in [9.17, 15) is 4.79 Å². The van der Waals surface area contributed by atoms with Crippen LogP contribution in [-0.4, -0.2) is 13.0 Å². The number of methoxy groups -OCH3 is 1. The van der Waals surface area contributed by atoms with Crippen LogP contribution in [0.1, 0.15) is 33.2 Å². The molecule has 4 aromatic rings. The van der Waals surface area contributed by atoms with Crippen molar-refractivity contribution in [2.45, 2.75) is 19.7 Å². The van der Waals surface area contributed by atoms with Crippen molar-refractivity contribution in [2.75, 3.05) is 17.3 Å². The Bertz CT molecular complexity index is 1390. The number of rotatable bonds is 6. The average molecular weight is 529 g/mol. The lowest BCUT2D eigenvalue weighted by Crippen LogP contribution is -2.43. The molecule has 5 rings (SSSR count). The predicted octanol–water partition coefficient (Wildman–Crippen LogP) is 7.12. The van der Waals surface area contributed by atoms with E-state index in [0.29, 0.717) is 23.7 Å². The summed E-state index contributed by atoms with van der Waals surface area (Å²) >= 11 is 3.52. The number of anilines is 2. The number of hydrogen-bond donors (Lipinski definition) is 1. The summed E-state index contributed by atoms with van der Waals surface area (Å²) in [5.74, 6) is 1.29. The molecule has 0 aromatic heterocycles. The third-order valence-electron chi connectivity index (χ3n) is 6.00. The molecule has 0 aliphatic carbocycles. The number of amides is 1. The first-order valence-electron chi connectivity index (χ1n) is 11.3. The molecule has 1 unspecified atom stereocenters. The van der Waals surface area contributed by atoms with E-state index in [1.54, 1.807) is 12.0 Å². The number of nitrogens with zero attached hydrogens (tertiary/aromatic N) is 1. The zero-order valence-corrected chi connectivity index (χ0v) is 21.1. The summed E-state index contributed by atoms with van der Waals surface area (Å²) in [6.45, 7) is 2.41. The van der Waals surface area contributed by atoms with Crippen molar-refractivity contribution in [3.05, 3.63) is 118 Å². The number of carbonyl (C=O) groups excluding carboxylic acids is 1. The molecular formula is C29H25BrN2O3. The van der Waals surface area contributed by atoms with Crippen molar-refractivity contribution < 1.29 is 14.3 Å². The minimum absolute atomic E-state index is 0.0734. The van der Waals surface area contributed by atoms with E-state index >= 15 is 0 Å². The van der Waals surface area contributed by atoms with Crippen LogP contribution in [0.3, 0.4) is 0 Å². The molecule has 176 valence electrons. The molecule has 5 nitrogen and oxygen atoms in total. The molecule has 1 heterocycles. The number of halogens is 1. The van der Waals surface area contributed by atoms with Gasteiger partial charge in [-0.3, -0.25) is 9.69 Å². The highest BCUT2D eigenvalue weighted by Crippen LogP contribution is 2.41. The number of ether oxygens (including phenoxy) is 2. The maximum atomic E-state index is 13.8. The molecular weight excluding hydrogens is 504 g/mol. The predicted molar refractivity (Wildman–Crippen MR) is 142 cm³/mol. The quantitative estimate of drug-likeness (QED) is 0.289. The lowest BCUT2D eigenvalue weighted by atomic mass is 10.0. The van der Waals surface area contributed by atoms with Gasteiger partial charge in [-0.2, -0.15) is 0 Å². The van der Waals surface area contributed by atoms with Gasteiger partial charge in [-0.25, -0.2) is 0 Å². The van der Waals surface area contributed by atoms with Crippen LogP contribution in [0.25, 0.3) is 0 Å². The Hall–Kier alpha value is -3.77. The molecule has 1 N–H and O–H groups in total. The fraction of sp³-hybridized carbons (Fsp3) is 0.138. The van der Waals surface area contributed by atoms with Crippen LogP contribution in [0.15, 0.2) is 95.5 Å². The summed E-state index contributed by atoms with van der Waals surface area (Å²) < 4.78 is 12.8. The van der Waals surface area contributed by atoms with Gasteiger partial charge in [0, 0.05) is 21.4 Å². The van der Waals surface area contributed by atoms with Crippen LogP contribution in [0.4, 0.5) is 11.4 Å². The van der Waals surface area contributed by atoms with Gasteiger partial charge in [-0.1, -0.05) is 52.3 Å². The molecule has 0 fully saturated rings. The molecule has 0 spiro atoms. The van der Waals surface area contributed by atoms with Gasteiger partial charge in [0.25, 0.3) is 5.91 Å². The molecule has 0 radical (unpaired) electrons. The van der Waals surface area contributed by atoms with Gasteiger partial charge in [0.05, 0.1) is 12.7 Å². The Balaban J connectivity index is 1.60. The van der Waals surface area contributed by atoms with Crippen molar-refractivity contribution in [3.8, 4) is 11.5 Å². The van der Waals surface area contributed by atoms with Crippen LogP contribution in [0.5, 0.6) is 11.5 Å². The molecule has 6 heteroatoms. The third-order valence-corrected chi connectivity index (χ3v) is 6.49. The summed E-state index contributed by atoms with van der Waals surface area (Å²) in [5, 5.41) is 3.57. The number of hydrogen-bond acceptors (Lipinski definition) is 4. The molecule has 0 bridgehead atoms. The fourth-order valence-corrected chi connectivity index (χ4v) is 4.75. The first kappa shape index (κ1) is 23.0. The van der Waals surface area contributed by atoms with Crippen LogP contribution >= 0.6 is 15.9 Å². The van der Waals surface area contributed by atoms with E-state index in [-0.39, 0.29) is 5.91 Å². The minimum Gasteiger partial charge on any atom is -0.497 e. The maximum absolute atomic E-state index is 13.8. The molecule has 35 heavy (non-hydrogen) atoms. The Morgan fingerprint density at radius 2 is 1.77 bits per heavy atom. The first-order valence-corrected chi connectivity index (χ1v) is 12.1. The Morgan fingerprint density at radius 3 is 2.57 bits per heavy atom. The van der Waals surface area contributed by atoms with Crippen LogP contribution in [-0.2, 0) is 6.61 Å². The van der Waals surface area contributed by atoms with Gasteiger partial charge in [0.15, 0.2) is 0 Å². The second-order valence-electron chi connectivity index (χ2n) is 8.43. The van der Waals surface area contributed by atoms with E-state index < -0.39 is 6.17 Å². The first-order chi connectivity index (χ1) is 17.0. The molecule has 0 saturated carbocycles. The van der Waals surface area contributed by atoms with Crippen molar-refractivity contribution in [1.82, 2.24) is 0 Å². The molecule has 1 aliphatic heterocycles. The highest BCUT2D eigenvalue weighted by Gasteiger charge is 2.35. The van der Waals surface area contributed by atoms with Crippen LogP contribution < -0.4 is 19.7 Å². The number of para-hydroxylation sites is 1. The number of fused-ring (bicyclic) bond motifs is 1. The van der Waals surface area contributed by atoms with Gasteiger partial charge >= 0.3 is 0 Å². The molecule has 0 saturated heterocycles. The molecule has 1 atom stereocenters. The number of nitrogens with one attached hydrogen (secondary N) is 1. The standard InChI is InChI=1S/C29H25BrN2O3/c1-19-7-5-10-22(15-19)32-28(31-26-12-4-3-11-24(26)29(32)33)25-17-23(34-2)13-14-27(25)35-18-20-8-6-9-21(30)16-20/h3-17,28,31H,18H2,1-2H3. The lowest BCUT2D eigenvalue weighted by Gasteiger charge is -2.39. The summed E-state index contributed by atoms with van der Waals surface area (Å²) in [4.78, 5) is 15.6. The van der Waals surface area contributed by atoms with Gasteiger partial charge in [0.2, 0.25) is 0 Å². The van der Waals surface area contributed by atoms with Gasteiger partial charge in [0.1, 0.15) is 24.3 Å². The Morgan fingerprint density at radius 1 is 0.943 bits per heavy atom. The van der Waals surface area contributed by atoms with Gasteiger partial charge in [-0.05, 0) is 72.6 Å². The van der Waals surface area contributed by atoms with Crippen molar-refractivity contribution in [3.63, 3.8) is 0 Å². The minimum atomic E-state index is -0.494. The van der Waals surface area contributed by atoms with E-state index in [4.69, 9.17) is 9.47 Å². The highest BCUT2D eigenvalue weighted by molar-refractivity contribution is 9.10. The van der Waals surface area contributed by atoms with Crippen molar-refractivity contribution in [1.29, 1.82) is 0 Å². The van der Waals surface area contributed by atoms with Crippen molar-refractivity contribution in [2.24, 2.45) is 0 Å². The van der Waals surface area contributed by atoms with Gasteiger partial charge in [-0.15, -0.1) is 0 Å². The third kappa shape index (κ3) is 4.75. The molecule has 4 aromatic carbocycles. The van der Waals surface area contributed by atoms with E-state index in [1.165, 1.54) is 0 Å². The maximum Gasteiger partial charge on any atom is 0.262 e.